The van der Waals surface area contributed by atoms with Crippen molar-refractivity contribution >= 4 is 21.6 Å². The normalized spacial score (nSPS) is 18.5. The van der Waals surface area contributed by atoms with Crippen molar-refractivity contribution in [3.8, 4) is 0 Å². The average molecular weight is 459 g/mol. The number of carbonyl (C=O) groups excluding carboxylic acids is 1. The molecule has 0 bridgehead atoms. The first-order valence-corrected chi connectivity index (χ1v) is 12.4. The van der Waals surface area contributed by atoms with Gasteiger partial charge in [0.05, 0.1) is 18.1 Å². The molecule has 2 aliphatic rings. The van der Waals surface area contributed by atoms with Crippen LogP contribution in [0.25, 0.3) is 0 Å². The molecule has 0 unspecified atom stereocenters. The van der Waals surface area contributed by atoms with E-state index in [4.69, 9.17) is 4.74 Å². The van der Waals surface area contributed by atoms with Crippen molar-refractivity contribution in [1.29, 1.82) is 0 Å². The second-order valence-electron chi connectivity index (χ2n) is 8.18. The van der Waals surface area contributed by atoms with Gasteiger partial charge in [0.1, 0.15) is 0 Å². The maximum absolute atomic E-state index is 13.0. The van der Waals surface area contributed by atoms with Crippen LogP contribution in [0.4, 0.5) is 5.69 Å². The Morgan fingerprint density at radius 2 is 1.66 bits per heavy atom. The van der Waals surface area contributed by atoms with Crippen LogP contribution >= 0.6 is 0 Å². The van der Waals surface area contributed by atoms with Crippen LogP contribution in [0.2, 0.25) is 0 Å². The lowest BCUT2D eigenvalue weighted by molar-refractivity contribution is 0.0950. The number of sulfonamides is 1. The molecule has 2 aliphatic heterocycles. The number of rotatable bonds is 6. The van der Waals surface area contributed by atoms with E-state index in [0.717, 1.165) is 37.6 Å². The van der Waals surface area contributed by atoms with E-state index >= 15 is 0 Å². The van der Waals surface area contributed by atoms with Gasteiger partial charge >= 0.3 is 0 Å². The molecule has 2 saturated heterocycles. The van der Waals surface area contributed by atoms with Crippen molar-refractivity contribution < 1.29 is 17.9 Å². The molecule has 0 aliphatic carbocycles. The summed E-state index contributed by atoms with van der Waals surface area (Å²) in [6, 6.07) is 14.4. The van der Waals surface area contributed by atoms with Crippen LogP contribution in [0.1, 0.15) is 15.9 Å². The van der Waals surface area contributed by atoms with Gasteiger partial charge in [-0.3, -0.25) is 4.79 Å². The van der Waals surface area contributed by atoms with E-state index < -0.39 is 10.0 Å². The predicted molar refractivity (Wildman–Crippen MR) is 123 cm³/mol. The number of morpholine rings is 1. The van der Waals surface area contributed by atoms with Crippen LogP contribution in [-0.4, -0.2) is 83.1 Å². The Hall–Kier alpha value is -2.46. The number of likely N-dealkylation sites (N-methyl/N-ethyl adjacent to an activating group) is 1. The van der Waals surface area contributed by atoms with Crippen LogP contribution in [0, 0.1) is 0 Å². The molecule has 8 nitrogen and oxygen atoms in total. The van der Waals surface area contributed by atoms with Crippen LogP contribution in [0.5, 0.6) is 0 Å². The fraction of sp³-hybridized carbons (Fsp3) is 0.435. The van der Waals surface area contributed by atoms with Gasteiger partial charge in [0.15, 0.2) is 0 Å². The first kappa shape index (κ1) is 22.7. The summed E-state index contributed by atoms with van der Waals surface area (Å²) in [5.74, 6) is -0.294. The van der Waals surface area contributed by atoms with Crippen molar-refractivity contribution in [3.63, 3.8) is 0 Å². The van der Waals surface area contributed by atoms with E-state index in [1.807, 2.05) is 19.2 Å². The van der Waals surface area contributed by atoms with Crippen LogP contribution < -0.4 is 10.2 Å². The molecule has 2 aromatic rings. The Morgan fingerprint density at radius 1 is 0.969 bits per heavy atom. The summed E-state index contributed by atoms with van der Waals surface area (Å²) in [7, 11) is -1.63. The Kier molecular flexibility index (Phi) is 7.10. The third-order valence-corrected chi connectivity index (χ3v) is 7.86. The number of carbonyl (C=O) groups is 1. The second-order valence-corrected chi connectivity index (χ2v) is 10.1. The topological polar surface area (TPSA) is 82.2 Å². The predicted octanol–water partition coefficient (Wildman–Crippen LogP) is 1.39. The molecule has 1 N–H and O–H groups in total. The summed E-state index contributed by atoms with van der Waals surface area (Å²) in [6.45, 7) is 5.91. The van der Waals surface area contributed by atoms with Crippen LogP contribution in [0.15, 0.2) is 53.4 Å². The number of nitrogens with zero attached hydrogens (tertiary/aromatic N) is 3. The Labute approximate surface area is 189 Å². The number of ether oxygens (including phenoxy) is 1. The molecule has 0 saturated carbocycles. The SMILES string of the molecule is CN1CCN(S(=O)(=O)c2cccc(C(=O)NCc3ccc(N4CCOCC4)cc3)c2)CC1. The third kappa shape index (κ3) is 5.29. The van der Waals surface area contributed by atoms with Crippen LogP contribution in [0.3, 0.4) is 0 Å². The number of anilines is 1. The lowest BCUT2D eigenvalue weighted by atomic mass is 10.1. The second kappa shape index (κ2) is 9.99. The molecular formula is C23H30N4O4S. The highest BCUT2D eigenvalue weighted by Crippen LogP contribution is 2.19. The molecule has 1 amide bonds. The van der Waals surface area contributed by atoms with Gasteiger partial charge in [0.2, 0.25) is 10.0 Å². The molecule has 2 heterocycles. The summed E-state index contributed by atoms with van der Waals surface area (Å²) in [6.07, 6.45) is 0. The third-order valence-electron chi connectivity index (χ3n) is 5.96. The van der Waals surface area contributed by atoms with E-state index in [9.17, 15) is 13.2 Å². The number of nitrogens with one attached hydrogen (secondary N) is 1. The average Bonchev–Trinajstić information content (AvgIpc) is 2.84. The fourth-order valence-corrected chi connectivity index (χ4v) is 5.37. The summed E-state index contributed by atoms with van der Waals surface area (Å²) < 4.78 is 32.8. The van der Waals surface area contributed by atoms with Gasteiger partial charge in [-0.15, -0.1) is 0 Å². The minimum absolute atomic E-state index is 0.157. The lowest BCUT2D eigenvalue weighted by Gasteiger charge is -2.31. The van der Waals surface area contributed by atoms with Gasteiger partial charge < -0.3 is 19.9 Å². The quantitative estimate of drug-likeness (QED) is 0.705. The van der Waals surface area contributed by atoms with Gasteiger partial charge in [0.25, 0.3) is 5.91 Å². The smallest absolute Gasteiger partial charge is 0.251 e. The fourth-order valence-electron chi connectivity index (χ4n) is 3.91. The zero-order valence-corrected chi connectivity index (χ0v) is 19.2. The molecular weight excluding hydrogens is 428 g/mol. The van der Waals surface area contributed by atoms with Crippen molar-refractivity contribution in [2.24, 2.45) is 0 Å². The van der Waals surface area contributed by atoms with Crippen molar-refractivity contribution in [2.45, 2.75) is 11.4 Å². The minimum atomic E-state index is -3.61. The molecule has 0 aromatic heterocycles. The summed E-state index contributed by atoms with van der Waals surface area (Å²) in [4.78, 5) is 17.2. The number of hydrogen-bond donors (Lipinski definition) is 1. The van der Waals surface area contributed by atoms with Gasteiger partial charge in [-0.25, -0.2) is 8.42 Å². The van der Waals surface area contributed by atoms with E-state index in [0.29, 0.717) is 38.3 Å². The van der Waals surface area contributed by atoms with Gasteiger partial charge in [0, 0.05) is 57.1 Å². The molecule has 0 radical (unpaired) electrons. The number of hydrogen-bond acceptors (Lipinski definition) is 6. The van der Waals surface area contributed by atoms with E-state index in [2.05, 4.69) is 27.2 Å². The Bertz CT molecular complexity index is 1030. The molecule has 2 aromatic carbocycles. The highest BCUT2D eigenvalue weighted by molar-refractivity contribution is 7.89. The summed E-state index contributed by atoms with van der Waals surface area (Å²) >= 11 is 0. The number of benzene rings is 2. The molecule has 172 valence electrons. The summed E-state index contributed by atoms with van der Waals surface area (Å²) in [5, 5.41) is 2.89. The van der Waals surface area contributed by atoms with E-state index in [1.165, 1.54) is 10.4 Å². The Balaban J connectivity index is 1.37. The van der Waals surface area contributed by atoms with Gasteiger partial charge in [-0.2, -0.15) is 4.31 Å². The van der Waals surface area contributed by atoms with E-state index in [1.54, 1.807) is 18.2 Å². The molecule has 0 atom stereocenters. The highest BCUT2D eigenvalue weighted by atomic mass is 32.2. The minimum Gasteiger partial charge on any atom is -0.378 e. The number of piperazine rings is 1. The molecule has 2 fully saturated rings. The zero-order chi connectivity index (χ0) is 22.6. The van der Waals surface area contributed by atoms with Crippen molar-refractivity contribution in [1.82, 2.24) is 14.5 Å². The molecule has 4 rings (SSSR count). The van der Waals surface area contributed by atoms with Crippen molar-refractivity contribution in [3.05, 3.63) is 59.7 Å². The highest BCUT2D eigenvalue weighted by Gasteiger charge is 2.28. The number of amides is 1. The summed E-state index contributed by atoms with van der Waals surface area (Å²) in [5.41, 5.74) is 2.46. The van der Waals surface area contributed by atoms with Gasteiger partial charge in [-0.05, 0) is 42.9 Å². The lowest BCUT2D eigenvalue weighted by Crippen LogP contribution is -2.47. The standard InChI is InChI=1S/C23H30N4O4S/c1-25-9-11-27(12-10-25)32(29,30)22-4-2-3-20(17-22)23(28)24-18-19-5-7-21(8-6-19)26-13-15-31-16-14-26/h2-8,17H,9-16,18H2,1H3,(H,24,28). The largest absolute Gasteiger partial charge is 0.378 e. The maximum Gasteiger partial charge on any atom is 0.251 e. The zero-order valence-electron chi connectivity index (χ0n) is 18.4. The first-order chi connectivity index (χ1) is 15.4. The van der Waals surface area contributed by atoms with Gasteiger partial charge in [-0.1, -0.05) is 18.2 Å². The maximum atomic E-state index is 13.0. The first-order valence-electron chi connectivity index (χ1n) is 10.9. The Morgan fingerprint density at radius 3 is 2.34 bits per heavy atom. The molecule has 0 spiro atoms. The van der Waals surface area contributed by atoms with Crippen molar-refractivity contribution in [2.75, 3.05) is 64.4 Å². The van der Waals surface area contributed by atoms with E-state index in [-0.39, 0.29) is 10.8 Å². The monoisotopic (exact) mass is 458 g/mol. The molecule has 9 heteroatoms. The molecule has 32 heavy (non-hydrogen) atoms. The van der Waals surface area contributed by atoms with Crippen LogP contribution in [-0.2, 0) is 21.3 Å².